The lowest BCUT2D eigenvalue weighted by molar-refractivity contribution is 0.0951. The monoisotopic (exact) mass is 414 g/mol. The molecule has 0 aliphatic carbocycles. The van der Waals surface area contributed by atoms with Crippen molar-refractivity contribution in [3.8, 4) is 0 Å². The molecule has 0 aromatic heterocycles. The van der Waals surface area contributed by atoms with E-state index in [0.717, 1.165) is 19.3 Å². The minimum absolute atomic E-state index is 0.0548. The summed E-state index contributed by atoms with van der Waals surface area (Å²) in [5.74, 6) is 0.692. The fourth-order valence-electron chi connectivity index (χ4n) is 3.82. The Bertz CT molecular complexity index is 903. The summed E-state index contributed by atoms with van der Waals surface area (Å²) in [5, 5.41) is 3.02. The van der Waals surface area contributed by atoms with Crippen LogP contribution in [-0.2, 0) is 16.4 Å². The van der Waals surface area contributed by atoms with Gasteiger partial charge in [0.1, 0.15) is 0 Å². The maximum atomic E-state index is 12.4. The lowest BCUT2D eigenvalue weighted by atomic mass is 9.90. The molecule has 0 saturated carbocycles. The van der Waals surface area contributed by atoms with Gasteiger partial charge in [-0.05, 0) is 54.4 Å². The molecule has 156 valence electrons. The van der Waals surface area contributed by atoms with Crippen molar-refractivity contribution in [3.05, 3.63) is 71.3 Å². The summed E-state index contributed by atoms with van der Waals surface area (Å²) in [7, 11) is -3.08. The zero-order valence-electron chi connectivity index (χ0n) is 17.2. The Morgan fingerprint density at radius 1 is 1.07 bits per heavy atom. The largest absolute Gasteiger partial charge is 0.351 e. The Balaban J connectivity index is 1.48. The number of sulfonamides is 1. The van der Waals surface area contributed by atoms with E-state index in [2.05, 4.69) is 24.4 Å². The number of hydrogen-bond donors (Lipinski definition) is 1. The van der Waals surface area contributed by atoms with E-state index in [0.29, 0.717) is 31.1 Å². The quantitative estimate of drug-likeness (QED) is 0.755. The third-order valence-electron chi connectivity index (χ3n) is 5.72. The number of nitrogens with zero attached hydrogens (tertiary/aromatic N) is 1. The molecule has 29 heavy (non-hydrogen) atoms. The van der Waals surface area contributed by atoms with Crippen LogP contribution in [0.4, 0.5) is 0 Å². The first kappa shape index (κ1) is 21.5. The highest BCUT2D eigenvalue weighted by atomic mass is 32.2. The number of carbonyl (C=O) groups excluding carboxylic acids is 1. The molecule has 3 rings (SSSR count). The van der Waals surface area contributed by atoms with E-state index in [1.165, 1.54) is 17.4 Å². The summed E-state index contributed by atoms with van der Waals surface area (Å²) in [5.41, 5.74) is 3.07. The van der Waals surface area contributed by atoms with Crippen molar-refractivity contribution in [1.29, 1.82) is 0 Å². The fourth-order valence-corrected chi connectivity index (χ4v) is 4.69. The third-order valence-corrected chi connectivity index (χ3v) is 7.02. The first-order chi connectivity index (χ1) is 13.8. The Morgan fingerprint density at radius 2 is 1.69 bits per heavy atom. The van der Waals surface area contributed by atoms with Crippen molar-refractivity contribution in [1.82, 2.24) is 9.62 Å². The molecule has 0 spiro atoms. The van der Waals surface area contributed by atoms with Crippen LogP contribution in [0.5, 0.6) is 0 Å². The van der Waals surface area contributed by atoms with Crippen LogP contribution in [-0.4, -0.2) is 44.5 Å². The van der Waals surface area contributed by atoms with Crippen LogP contribution in [0.3, 0.4) is 0 Å². The molecule has 2 aromatic carbocycles. The van der Waals surface area contributed by atoms with E-state index in [4.69, 9.17) is 0 Å². The smallest absolute Gasteiger partial charge is 0.251 e. The van der Waals surface area contributed by atoms with E-state index in [9.17, 15) is 13.2 Å². The van der Waals surface area contributed by atoms with E-state index < -0.39 is 10.0 Å². The minimum atomic E-state index is -3.08. The highest BCUT2D eigenvalue weighted by Gasteiger charge is 2.24. The van der Waals surface area contributed by atoms with Crippen LogP contribution < -0.4 is 5.32 Å². The molecule has 0 radical (unpaired) electrons. The molecule has 1 unspecified atom stereocenters. The molecule has 5 nitrogen and oxygen atoms in total. The van der Waals surface area contributed by atoms with Crippen molar-refractivity contribution in [2.45, 2.75) is 32.1 Å². The molecule has 1 N–H and O–H groups in total. The van der Waals surface area contributed by atoms with Gasteiger partial charge in [-0.1, -0.05) is 49.4 Å². The van der Waals surface area contributed by atoms with E-state index in [1.54, 1.807) is 4.31 Å². The molecule has 1 saturated heterocycles. The molecule has 1 atom stereocenters. The second kappa shape index (κ2) is 9.55. The van der Waals surface area contributed by atoms with Crippen LogP contribution in [0, 0.1) is 5.92 Å². The lowest BCUT2D eigenvalue weighted by Crippen LogP contribution is -2.38. The van der Waals surface area contributed by atoms with Crippen molar-refractivity contribution in [2.75, 3.05) is 25.9 Å². The van der Waals surface area contributed by atoms with Crippen molar-refractivity contribution in [3.63, 3.8) is 0 Å². The predicted molar refractivity (Wildman–Crippen MR) is 116 cm³/mol. The van der Waals surface area contributed by atoms with E-state index in [-0.39, 0.29) is 11.8 Å². The fraction of sp³-hybridized carbons (Fsp3) is 0.435. The van der Waals surface area contributed by atoms with Crippen molar-refractivity contribution >= 4 is 15.9 Å². The maximum absolute atomic E-state index is 12.4. The average molecular weight is 415 g/mol. The van der Waals surface area contributed by atoms with Crippen molar-refractivity contribution < 1.29 is 13.2 Å². The first-order valence-corrected chi connectivity index (χ1v) is 12.0. The molecular formula is C23H30N2O3S. The molecule has 6 heteroatoms. The average Bonchev–Trinajstić information content (AvgIpc) is 2.72. The Labute approximate surface area is 174 Å². The van der Waals surface area contributed by atoms with E-state index in [1.807, 2.05) is 42.5 Å². The highest BCUT2D eigenvalue weighted by molar-refractivity contribution is 7.88. The summed E-state index contributed by atoms with van der Waals surface area (Å²) in [4.78, 5) is 12.4. The SMILES string of the molecule is CC(CNC(=O)c1ccc(CC2CCN(S(C)(=O)=O)CC2)cc1)c1ccccc1. The zero-order valence-corrected chi connectivity index (χ0v) is 18.0. The van der Waals surface area contributed by atoms with Gasteiger partial charge in [0.2, 0.25) is 10.0 Å². The summed E-state index contributed by atoms with van der Waals surface area (Å²) in [6, 6.07) is 17.9. The number of amides is 1. The normalized spacial score (nSPS) is 17.0. The van der Waals surface area contributed by atoms with Gasteiger partial charge in [-0.3, -0.25) is 4.79 Å². The van der Waals surface area contributed by atoms with Gasteiger partial charge in [0.15, 0.2) is 0 Å². The van der Waals surface area contributed by atoms with Gasteiger partial charge in [-0.2, -0.15) is 0 Å². The number of nitrogens with one attached hydrogen (secondary N) is 1. The first-order valence-electron chi connectivity index (χ1n) is 10.2. The van der Waals surface area contributed by atoms with Crippen LogP contribution in [0.25, 0.3) is 0 Å². The Hall–Kier alpha value is -2.18. The number of rotatable bonds is 7. The van der Waals surface area contributed by atoms with Crippen molar-refractivity contribution in [2.24, 2.45) is 5.92 Å². The topological polar surface area (TPSA) is 66.5 Å². The van der Waals surface area contributed by atoms with Gasteiger partial charge < -0.3 is 5.32 Å². The van der Waals surface area contributed by atoms with Gasteiger partial charge in [-0.25, -0.2) is 12.7 Å². The van der Waals surface area contributed by atoms with Crippen LogP contribution in [0.2, 0.25) is 0 Å². The number of piperidine rings is 1. The molecule has 1 heterocycles. The molecule has 2 aromatic rings. The molecule has 1 amide bonds. The molecule has 1 aliphatic rings. The minimum Gasteiger partial charge on any atom is -0.351 e. The van der Waals surface area contributed by atoms with Gasteiger partial charge in [0.05, 0.1) is 6.26 Å². The zero-order chi connectivity index (χ0) is 20.9. The molecule has 0 bridgehead atoms. The van der Waals surface area contributed by atoms with Crippen LogP contribution >= 0.6 is 0 Å². The van der Waals surface area contributed by atoms with Gasteiger partial charge in [0, 0.05) is 25.2 Å². The Morgan fingerprint density at radius 3 is 2.28 bits per heavy atom. The summed E-state index contributed by atoms with van der Waals surface area (Å²) < 4.78 is 24.8. The summed E-state index contributed by atoms with van der Waals surface area (Å²) >= 11 is 0. The molecular weight excluding hydrogens is 384 g/mol. The molecule has 1 aliphatic heterocycles. The predicted octanol–water partition coefficient (Wildman–Crippen LogP) is 3.43. The third kappa shape index (κ3) is 6.15. The second-order valence-corrected chi connectivity index (χ2v) is 10.0. The standard InChI is InChI=1S/C23H30N2O3S/c1-18(21-6-4-3-5-7-21)17-24-23(26)22-10-8-19(9-11-22)16-20-12-14-25(15-13-20)29(2,27)28/h3-11,18,20H,12-17H2,1-2H3,(H,24,26). The maximum Gasteiger partial charge on any atom is 0.251 e. The van der Waals surface area contributed by atoms with Gasteiger partial charge in [-0.15, -0.1) is 0 Å². The number of hydrogen-bond acceptors (Lipinski definition) is 3. The van der Waals surface area contributed by atoms with Crippen LogP contribution in [0.1, 0.15) is 47.2 Å². The van der Waals surface area contributed by atoms with E-state index >= 15 is 0 Å². The number of carbonyl (C=O) groups is 1. The second-order valence-electron chi connectivity index (χ2n) is 8.03. The summed E-state index contributed by atoms with van der Waals surface area (Å²) in [6.07, 6.45) is 3.96. The van der Waals surface area contributed by atoms with Gasteiger partial charge >= 0.3 is 0 Å². The lowest BCUT2D eigenvalue weighted by Gasteiger charge is -2.30. The molecule has 1 fully saturated rings. The van der Waals surface area contributed by atoms with Gasteiger partial charge in [0.25, 0.3) is 5.91 Å². The number of benzene rings is 2. The van der Waals surface area contributed by atoms with Crippen LogP contribution in [0.15, 0.2) is 54.6 Å². The Kier molecular flexibility index (Phi) is 7.09. The highest BCUT2D eigenvalue weighted by Crippen LogP contribution is 2.23. The summed E-state index contributed by atoms with van der Waals surface area (Å²) in [6.45, 7) is 3.91.